The molecular formula is C12H9Cl3N6O. The van der Waals surface area contributed by atoms with E-state index in [4.69, 9.17) is 34.8 Å². The summed E-state index contributed by atoms with van der Waals surface area (Å²) >= 11 is 17.2. The van der Waals surface area contributed by atoms with Crippen LogP contribution in [0.1, 0.15) is 0 Å². The van der Waals surface area contributed by atoms with Crippen molar-refractivity contribution in [1.82, 2.24) is 20.5 Å². The van der Waals surface area contributed by atoms with Gasteiger partial charge in [0.05, 0.1) is 16.9 Å². The molecule has 1 aliphatic heterocycles. The fourth-order valence-electron chi connectivity index (χ4n) is 1.27. The first-order valence-electron chi connectivity index (χ1n) is 5.82. The van der Waals surface area contributed by atoms with Gasteiger partial charge in [0.15, 0.2) is 0 Å². The third kappa shape index (κ3) is 5.36. The van der Waals surface area contributed by atoms with Crippen molar-refractivity contribution in [3.05, 3.63) is 52.2 Å². The van der Waals surface area contributed by atoms with Crippen LogP contribution in [0.5, 0.6) is 0 Å². The molecule has 0 spiro atoms. The molecule has 1 aliphatic rings. The lowest BCUT2D eigenvalue weighted by Crippen LogP contribution is -2.03. The average molecular weight is 360 g/mol. The van der Waals surface area contributed by atoms with Gasteiger partial charge in [-0.2, -0.15) is 20.1 Å². The molecule has 7 nitrogen and oxygen atoms in total. The predicted molar refractivity (Wildman–Crippen MR) is 86.4 cm³/mol. The molecule has 22 heavy (non-hydrogen) atoms. The second kappa shape index (κ2) is 8.38. The second-order valence-electron chi connectivity index (χ2n) is 3.62. The molecule has 114 valence electrons. The standard InChI is InChI=1S/C9H5Cl3N4.C3H4N2O/c10-5-3-1-2-4-6(5)13-9-15-7(11)14-8(12)16-9;1-2-4-5-6-3-1/h1-4H,(H,13,14,15,16);1-3,5H. The highest BCUT2D eigenvalue weighted by molar-refractivity contribution is 6.33. The highest BCUT2D eigenvalue weighted by atomic mass is 35.5. The van der Waals surface area contributed by atoms with Crippen LogP contribution in [-0.4, -0.2) is 21.2 Å². The van der Waals surface area contributed by atoms with Crippen molar-refractivity contribution in [2.45, 2.75) is 0 Å². The summed E-state index contributed by atoms with van der Waals surface area (Å²) in [6.45, 7) is 0. The van der Waals surface area contributed by atoms with Crippen molar-refractivity contribution in [3.8, 4) is 0 Å². The summed E-state index contributed by atoms with van der Waals surface area (Å²) in [5.41, 5.74) is 2.94. The number of aromatic nitrogens is 3. The Balaban J connectivity index is 0.000000246. The minimum atomic E-state index is 0.0227. The van der Waals surface area contributed by atoms with Crippen molar-refractivity contribution >= 4 is 52.7 Å². The first-order valence-corrected chi connectivity index (χ1v) is 6.96. The first-order chi connectivity index (χ1) is 10.6. The summed E-state index contributed by atoms with van der Waals surface area (Å²) in [6.07, 6.45) is 4.80. The number of halogens is 3. The zero-order chi connectivity index (χ0) is 15.8. The third-order valence-corrected chi connectivity index (χ3v) is 2.78. The maximum absolute atomic E-state index is 5.95. The monoisotopic (exact) mass is 358 g/mol. The number of anilines is 2. The van der Waals surface area contributed by atoms with Crippen LogP contribution in [0.15, 0.2) is 41.7 Å². The van der Waals surface area contributed by atoms with Crippen LogP contribution in [0.25, 0.3) is 0 Å². The minimum Gasteiger partial charge on any atom is -0.373 e. The Bertz CT molecular complexity index is 662. The number of para-hydroxylation sites is 1. The Morgan fingerprint density at radius 2 is 1.73 bits per heavy atom. The molecule has 1 aromatic carbocycles. The molecule has 2 aromatic rings. The summed E-state index contributed by atoms with van der Waals surface area (Å²) in [6, 6.07) is 7.18. The van der Waals surface area contributed by atoms with Gasteiger partial charge in [-0.15, -0.1) is 5.59 Å². The Morgan fingerprint density at radius 3 is 2.23 bits per heavy atom. The molecule has 2 heterocycles. The largest absolute Gasteiger partial charge is 0.373 e. The van der Waals surface area contributed by atoms with Crippen molar-refractivity contribution in [2.75, 3.05) is 5.32 Å². The van der Waals surface area contributed by atoms with E-state index in [-0.39, 0.29) is 16.5 Å². The molecule has 0 amide bonds. The number of rotatable bonds is 2. The molecule has 0 aliphatic carbocycles. The number of hydrazone groups is 1. The van der Waals surface area contributed by atoms with Gasteiger partial charge in [-0.1, -0.05) is 23.7 Å². The molecule has 0 bridgehead atoms. The molecule has 0 atom stereocenters. The van der Waals surface area contributed by atoms with E-state index in [1.165, 1.54) is 6.26 Å². The van der Waals surface area contributed by atoms with Crippen molar-refractivity contribution in [3.63, 3.8) is 0 Å². The van der Waals surface area contributed by atoms with Gasteiger partial charge in [-0.3, -0.25) is 0 Å². The van der Waals surface area contributed by atoms with Crippen molar-refractivity contribution in [2.24, 2.45) is 5.10 Å². The zero-order valence-electron chi connectivity index (χ0n) is 10.9. The van der Waals surface area contributed by atoms with E-state index in [0.717, 1.165) is 0 Å². The van der Waals surface area contributed by atoms with Crippen LogP contribution < -0.4 is 10.9 Å². The smallest absolute Gasteiger partial charge is 0.232 e. The van der Waals surface area contributed by atoms with Crippen molar-refractivity contribution in [1.29, 1.82) is 0 Å². The molecule has 0 radical (unpaired) electrons. The molecule has 2 N–H and O–H groups in total. The fourth-order valence-corrected chi connectivity index (χ4v) is 1.82. The molecule has 0 unspecified atom stereocenters. The number of allylic oxidation sites excluding steroid dienone is 1. The quantitative estimate of drug-likeness (QED) is 0.852. The molecule has 0 saturated carbocycles. The van der Waals surface area contributed by atoms with Gasteiger partial charge >= 0.3 is 0 Å². The molecular weight excluding hydrogens is 351 g/mol. The Morgan fingerprint density at radius 1 is 1.00 bits per heavy atom. The number of benzene rings is 1. The van der Waals surface area contributed by atoms with Crippen molar-refractivity contribution < 1.29 is 4.84 Å². The van der Waals surface area contributed by atoms with Gasteiger partial charge in [0.2, 0.25) is 16.5 Å². The van der Waals surface area contributed by atoms with E-state index in [0.29, 0.717) is 10.7 Å². The lowest BCUT2D eigenvalue weighted by Gasteiger charge is -2.06. The first kappa shape index (κ1) is 16.3. The third-order valence-electron chi connectivity index (χ3n) is 2.11. The molecule has 0 saturated heterocycles. The maximum Gasteiger partial charge on any atom is 0.232 e. The lowest BCUT2D eigenvalue weighted by molar-refractivity contribution is 0.136. The number of nitrogens with one attached hydrogen (secondary N) is 2. The van der Waals surface area contributed by atoms with E-state index in [1.54, 1.807) is 24.4 Å². The summed E-state index contributed by atoms with van der Waals surface area (Å²) in [7, 11) is 0. The van der Waals surface area contributed by atoms with Crippen LogP contribution >= 0.6 is 34.8 Å². The van der Waals surface area contributed by atoms with Gasteiger partial charge in [-0.05, 0) is 41.4 Å². The van der Waals surface area contributed by atoms with Gasteiger partial charge in [0.1, 0.15) is 6.26 Å². The number of hydrogen-bond donors (Lipinski definition) is 2. The maximum atomic E-state index is 5.95. The van der Waals surface area contributed by atoms with E-state index in [1.807, 2.05) is 12.1 Å². The van der Waals surface area contributed by atoms with Crippen LogP contribution in [0, 0.1) is 0 Å². The fraction of sp³-hybridized carbons (Fsp3) is 0. The van der Waals surface area contributed by atoms with Gasteiger partial charge in [0.25, 0.3) is 0 Å². The number of nitrogens with zero attached hydrogens (tertiary/aromatic N) is 4. The Labute approximate surface area is 140 Å². The lowest BCUT2D eigenvalue weighted by atomic mass is 10.3. The number of hydrogen-bond acceptors (Lipinski definition) is 7. The van der Waals surface area contributed by atoms with Gasteiger partial charge < -0.3 is 10.2 Å². The Kier molecular flexibility index (Phi) is 6.20. The molecule has 3 rings (SSSR count). The molecule has 1 aromatic heterocycles. The van der Waals surface area contributed by atoms with E-state index < -0.39 is 0 Å². The summed E-state index contributed by atoms with van der Waals surface area (Å²) < 4.78 is 0. The van der Waals surface area contributed by atoms with E-state index in [2.05, 4.69) is 35.8 Å². The molecule has 0 fully saturated rings. The van der Waals surface area contributed by atoms with Crippen LogP contribution in [0.4, 0.5) is 11.6 Å². The normalized spacial score (nSPS) is 11.8. The topological polar surface area (TPSA) is 84.3 Å². The summed E-state index contributed by atoms with van der Waals surface area (Å²) in [4.78, 5) is 15.8. The molecule has 10 heteroatoms. The minimum absolute atomic E-state index is 0.0227. The zero-order valence-corrected chi connectivity index (χ0v) is 13.1. The van der Waals surface area contributed by atoms with E-state index in [9.17, 15) is 0 Å². The Hall–Kier alpha value is -2.09. The van der Waals surface area contributed by atoms with Crippen LogP contribution in [-0.2, 0) is 4.84 Å². The van der Waals surface area contributed by atoms with Crippen LogP contribution in [0.3, 0.4) is 0 Å². The second-order valence-corrected chi connectivity index (χ2v) is 4.70. The van der Waals surface area contributed by atoms with Crippen LogP contribution in [0.2, 0.25) is 15.6 Å². The summed E-state index contributed by atoms with van der Waals surface area (Å²) in [5.74, 6) is 0.248. The summed E-state index contributed by atoms with van der Waals surface area (Å²) in [5, 5.41) is 6.98. The highest BCUT2D eigenvalue weighted by Crippen LogP contribution is 2.23. The SMILES string of the molecule is C1=CONN=C1.Clc1nc(Cl)nc(Nc2ccccc2Cl)n1. The van der Waals surface area contributed by atoms with Gasteiger partial charge in [-0.25, -0.2) is 0 Å². The van der Waals surface area contributed by atoms with Gasteiger partial charge in [0, 0.05) is 0 Å². The van der Waals surface area contributed by atoms with E-state index >= 15 is 0 Å². The predicted octanol–water partition coefficient (Wildman–Crippen LogP) is 3.60. The highest BCUT2D eigenvalue weighted by Gasteiger charge is 2.05. The average Bonchev–Trinajstić information content (AvgIpc) is 2.51.